The van der Waals surface area contributed by atoms with E-state index in [4.69, 9.17) is 21.1 Å². The number of likely N-dealkylation sites (tertiary alicyclic amines) is 1. The number of methoxy groups -OCH3 is 2. The van der Waals surface area contributed by atoms with E-state index in [-0.39, 0.29) is 12.3 Å². The fourth-order valence-electron chi connectivity index (χ4n) is 2.83. The predicted molar refractivity (Wildman–Crippen MR) is 82.9 cm³/mol. The van der Waals surface area contributed by atoms with E-state index in [0.29, 0.717) is 23.3 Å². The van der Waals surface area contributed by atoms with Crippen molar-refractivity contribution in [1.29, 1.82) is 0 Å². The molecule has 0 bridgehead atoms. The number of hydrogen-bond acceptors (Lipinski definition) is 3. The first-order valence-electron chi connectivity index (χ1n) is 7.23. The summed E-state index contributed by atoms with van der Waals surface area (Å²) >= 11 is 6.20. The van der Waals surface area contributed by atoms with Gasteiger partial charge in [-0.05, 0) is 30.9 Å². The summed E-state index contributed by atoms with van der Waals surface area (Å²) in [4.78, 5) is 14.4. The molecule has 0 N–H and O–H groups in total. The van der Waals surface area contributed by atoms with E-state index in [1.54, 1.807) is 20.3 Å². The molecule has 1 saturated heterocycles. The van der Waals surface area contributed by atoms with Crippen molar-refractivity contribution in [3.63, 3.8) is 0 Å². The summed E-state index contributed by atoms with van der Waals surface area (Å²) in [6, 6.07) is 5.44. The second kappa shape index (κ2) is 7.66. The van der Waals surface area contributed by atoms with Crippen LogP contribution in [0.4, 0.5) is 0 Å². The lowest BCUT2D eigenvalue weighted by molar-refractivity contribution is -0.132. The van der Waals surface area contributed by atoms with E-state index in [1.807, 2.05) is 17.0 Å². The highest BCUT2D eigenvalue weighted by molar-refractivity contribution is 6.31. The normalized spacial score (nSPS) is 18.6. The van der Waals surface area contributed by atoms with Crippen molar-refractivity contribution < 1.29 is 14.3 Å². The predicted octanol–water partition coefficient (Wildman–Crippen LogP) is 2.78. The molecule has 1 amide bonds. The molecule has 21 heavy (non-hydrogen) atoms. The zero-order valence-corrected chi connectivity index (χ0v) is 13.4. The standard InChI is InChI=1S/C16H22ClNO3/c1-20-11-12-5-4-8-18(10-12)16(19)9-13-14(17)6-3-7-15(13)21-2/h3,6-7,12H,4-5,8-11H2,1-2H3. The van der Waals surface area contributed by atoms with Crippen LogP contribution >= 0.6 is 11.6 Å². The minimum atomic E-state index is 0.0993. The monoisotopic (exact) mass is 311 g/mol. The molecule has 1 aliphatic rings. The van der Waals surface area contributed by atoms with Gasteiger partial charge in [0.1, 0.15) is 5.75 Å². The lowest BCUT2D eigenvalue weighted by Gasteiger charge is -2.32. The van der Waals surface area contributed by atoms with Crippen molar-refractivity contribution >= 4 is 17.5 Å². The van der Waals surface area contributed by atoms with Crippen molar-refractivity contribution in [3.05, 3.63) is 28.8 Å². The lowest BCUT2D eigenvalue weighted by atomic mass is 9.98. The Bertz CT molecular complexity index is 490. The molecule has 1 aliphatic heterocycles. The Morgan fingerprint density at radius 3 is 2.95 bits per heavy atom. The number of amides is 1. The Hall–Kier alpha value is -1.26. The number of nitrogens with zero attached hydrogens (tertiary/aromatic N) is 1. The largest absolute Gasteiger partial charge is 0.496 e. The number of halogens is 1. The second-order valence-electron chi connectivity index (χ2n) is 5.40. The molecule has 116 valence electrons. The van der Waals surface area contributed by atoms with Crippen molar-refractivity contribution in [1.82, 2.24) is 4.90 Å². The third-order valence-electron chi connectivity index (χ3n) is 3.90. The first-order chi connectivity index (χ1) is 10.2. The van der Waals surface area contributed by atoms with Gasteiger partial charge in [-0.1, -0.05) is 17.7 Å². The summed E-state index contributed by atoms with van der Waals surface area (Å²) < 4.78 is 10.5. The summed E-state index contributed by atoms with van der Waals surface area (Å²) in [6.45, 7) is 2.28. The molecule has 1 heterocycles. The van der Waals surface area contributed by atoms with Crippen LogP contribution in [-0.4, -0.2) is 44.7 Å². The fourth-order valence-corrected chi connectivity index (χ4v) is 3.06. The van der Waals surface area contributed by atoms with Gasteiger partial charge >= 0.3 is 0 Å². The van der Waals surface area contributed by atoms with Gasteiger partial charge < -0.3 is 14.4 Å². The van der Waals surface area contributed by atoms with Gasteiger partial charge in [0.25, 0.3) is 0 Å². The van der Waals surface area contributed by atoms with E-state index in [9.17, 15) is 4.79 Å². The highest BCUT2D eigenvalue weighted by Crippen LogP contribution is 2.28. The molecule has 4 nitrogen and oxygen atoms in total. The van der Waals surface area contributed by atoms with E-state index >= 15 is 0 Å². The van der Waals surface area contributed by atoms with Gasteiger partial charge in [-0.2, -0.15) is 0 Å². The van der Waals surface area contributed by atoms with Crippen LogP contribution in [-0.2, 0) is 16.0 Å². The Kier molecular flexibility index (Phi) is 5.88. The number of rotatable bonds is 5. The Labute approximate surface area is 131 Å². The van der Waals surface area contributed by atoms with Crippen LogP contribution in [0.15, 0.2) is 18.2 Å². The Balaban J connectivity index is 2.04. The van der Waals surface area contributed by atoms with Crippen LogP contribution < -0.4 is 4.74 Å². The number of hydrogen-bond donors (Lipinski definition) is 0. The molecular weight excluding hydrogens is 290 g/mol. The van der Waals surface area contributed by atoms with Gasteiger partial charge in [-0.25, -0.2) is 0 Å². The van der Waals surface area contributed by atoms with E-state index in [0.717, 1.165) is 31.5 Å². The molecule has 0 saturated carbocycles. The van der Waals surface area contributed by atoms with Gasteiger partial charge in [0.05, 0.1) is 20.1 Å². The highest BCUT2D eigenvalue weighted by atomic mass is 35.5. The van der Waals surface area contributed by atoms with Gasteiger partial charge in [0, 0.05) is 30.8 Å². The maximum atomic E-state index is 12.5. The number of carbonyl (C=O) groups excluding carboxylic acids is 1. The van der Waals surface area contributed by atoms with Gasteiger partial charge in [0.15, 0.2) is 0 Å². The summed E-state index contributed by atoms with van der Waals surface area (Å²) in [5.74, 6) is 1.20. The highest BCUT2D eigenvalue weighted by Gasteiger charge is 2.24. The molecule has 0 radical (unpaired) electrons. The third-order valence-corrected chi connectivity index (χ3v) is 4.25. The maximum Gasteiger partial charge on any atom is 0.227 e. The quantitative estimate of drug-likeness (QED) is 0.839. The van der Waals surface area contributed by atoms with E-state index < -0.39 is 0 Å². The molecule has 0 spiro atoms. The second-order valence-corrected chi connectivity index (χ2v) is 5.81. The summed E-state index contributed by atoms with van der Waals surface area (Å²) in [6.07, 6.45) is 2.43. The summed E-state index contributed by atoms with van der Waals surface area (Å²) in [5, 5.41) is 0.577. The zero-order chi connectivity index (χ0) is 15.2. The number of piperidine rings is 1. The molecule has 5 heteroatoms. The average Bonchev–Trinajstić information content (AvgIpc) is 2.50. The third kappa shape index (κ3) is 4.11. The van der Waals surface area contributed by atoms with E-state index in [1.165, 1.54) is 0 Å². The molecule has 1 aromatic carbocycles. The number of carbonyl (C=O) groups is 1. The first-order valence-corrected chi connectivity index (χ1v) is 7.61. The lowest BCUT2D eigenvalue weighted by Crippen LogP contribution is -2.41. The minimum absolute atomic E-state index is 0.0993. The van der Waals surface area contributed by atoms with Gasteiger partial charge in [0.2, 0.25) is 5.91 Å². The zero-order valence-electron chi connectivity index (χ0n) is 12.6. The minimum Gasteiger partial charge on any atom is -0.496 e. The molecule has 1 aromatic rings. The summed E-state index contributed by atoms with van der Waals surface area (Å²) in [5.41, 5.74) is 0.764. The maximum absolute atomic E-state index is 12.5. The molecule has 2 rings (SSSR count). The first kappa shape index (κ1) is 16.1. The molecule has 0 aromatic heterocycles. The van der Waals surface area contributed by atoms with Crippen molar-refractivity contribution in [2.24, 2.45) is 5.92 Å². The van der Waals surface area contributed by atoms with Gasteiger partial charge in [-0.3, -0.25) is 4.79 Å². The van der Waals surface area contributed by atoms with Crippen LogP contribution in [0.3, 0.4) is 0 Å². The van der Waals surface area contributed by atoms with Gasteiger partial charge in [-0.15, -0.1) is 0 Å². The average molecular weight is 312 g/mol. The molecule has 1 atom stereocenters. The smallest absolute Gasteiger partial charge is 0.227 e. The van der Waals surface area contributed by atoms with Crippen LogP contribution in [0.25, 0.3) is 0 Å². The fraction of sp³-hybridized carbons (Fsp3) is 0.562. The Morgan fingerprint density at radius 1 is 1.43 bits per heavy atom. The Morgan fingerprint density at radius 2 is 2.24 bits per heavy atom. The van der Waals surface area contributed by atoms with Crippen molar-refractivity contribution in [2.75, 3.05) is 33.9 Å². The topological polar surface area (TPSA) is 38.8 Å². The summed E-state index contributed by atoms with van der Waals surface area (Å²) in [7, 11) is 3.30. The number of benzene rings is 1. The molecule has 0 aliphatic carbocycles. The van der Waals surface area contributed by atoms with Crippen LogP contribution in [0.5, 0.6) is 5.75 Å². The van der Waals surface area contributed by atoms with Crippen molar-refractivity contribution in [3.8, 4) is 5.75 Å². The van der Waals surface area contributed by atoms with Crippen LogP contribution in [0.1, 0.15) is 18.4 Å². The molecule has 1 fully saturated rings. The van der Waals surface area contributed by atoms with Crippen LogP contribution in [0.2, 0.25) is 5.02 Å². The molecular formula is C16H22ClNO3. The van der Waals surface area contributed by atoms with Crippen molar-refractivity contribution in [2.45, 2.75) is 19.3 Å². The van der Waals surface area contributed by atoms with E-state index in [2.05, 4.69) is 0 Å². The number of ether oxygens (including phenoxy) is 2. The van der Waals surface area contributed by atoms with Crippen LogP contribution in [0, 0.1) is 5.92 Å². The molecule has 1 unspecified atom stereocenters. The SMILES string of the molecule is COCC1CCCN(C(=O)Cc2c(Cl)cccc2OC)C1.